The summed E-state index contributed by atoms with van der Waals surface area (Å²) in [6.07, 6.45) is 0. The molecule has 1 amide bonds. The highest BCUT2D eigenvalue weighted by molar-refractivity contribution is 7.15. The minimum absolute atomic E-state index is 0.251. The van der Waals surface area contributed by atoms with Gasteiger partial charge in [-0.25, -0.2) is 4.79 Å². The highest BCUT2D eigenvalue weighted by atomic mass is 32.1. The largest absolute Gasteiger partial charge is 0.497 e. The van der Waals surface area contributed by atoms with Crippen LogP contribution in [0.5, 0.6) is 5.75 Å². The van der Waals surface area contributed by atoms with E-state index in [4.69, 9.17) is 9.47 Å². The molecule has 1 aromatic heterocycles. The van der Waals surface area contributed by atoms with Gasteiger partial charge in [0.25, 0.3) is 5.91 Å². The van der Waals surface area contributed by atoms with Gasteiger partial charge in [0.05, 0.1) is 13.7 Å². The molecule has 0 fully saturated rings. The number of hydrogen-bond acceptors (Lipinski definition) is 5. The number of hydrogen-bond donors (Lipinski definition) is 1. The number of carbonyl (C=O) groups excluding carboxylic acids is 2. The van der Waals surface area contributed by atoms with E-state index in [0.717, 1.165) is 22.4 Å². The van der Waals surface area contributed by atoms with E-state index in [9.17, 15) is 9.59 Å². The molecule has 6 heteroatoms. The fourth-order valence-corrected chi connectivity index (χ4v) is 3.85. The molecule has 5 nitrogen and oxygen atoms in total. The zero-order valence-corrected chi connectivity index (χ0v) is 17.7. The average molecular weight is 410 g/mol. The third-order valence-corrected chi connectivity index (χ3v) is 5.56. The lowest BCUT2D eigenvalue weighted by Gasteiger charge is -2.10. The van der Waals surface area contributed by atoms with Crippen LogP contribution in [-0.2, 0) is 4.74 Å². The van der Waals surface area contributed by atoms with Gasteiger partial charge in [-0.3, -0.25) is 4.79 Å². The van der Waals surface area contributed by atoms with Crippen molar-refractivity contribution in [3.8, 4) is 16.9 Å². The molecule has 3 aromatic rings. The Labute approximate surface area is 174 Å². The van der Waals surface area contributed by atoms with E-state index < -0.39 is 5.97 Å². The Hall–Kier alpha value is -3.12. The first-order valence-electron chi connectivity index (χ1n) is 9.26. The number of amides is 1. The molecule has 0 unspecified atom stereocenters. The summed E-state index contributed by atoms with van der Waals surface area (Å²) in [6, 6.07) is 12.9. The van der Waals surface area contributed by atoms with Crippen molar-refractivity contribution in [1.82, 2.24) is 0 Å². The Morgan fingerprint density at radius 3 is 2.38 bits per heavy atom. The van der Waals surface area contributed by atoms with Crippen LogP contribution < -0.4 is 10.1 Å². The Morgan fingerprint density at radius 2 is 1.76 bits per heavy atom. The molecule has 1 heterocycles. The molecule has 0 radical (unpaired) electrons. The summed E-state index contributed by atoms with van der Waals surface area (Å²) in [5.74, 6) is 0.00154. The number of carbonyl (C=O) groups is 2. The summed E-state index contributed by atoms with van der Waals surface area (Å²) in [6.45, 7) is 5.96. The van der Waals surface area contributed by atoms with Crippen molar-refractivity contribution in [3.05, 3.63) is 70.1 Å². The minimum Gasteiger partial charge on any atom is -0.497 e. The van der Waals surface area contributed by atoms with Gasteiger partial charge in [0.1, 0.15) is 16.3 Å². The van der Waals surface area contributed by atoms with Crippen molar-refractivity contribution in [2.75, 3.05) is 19.0 Å². The molecule has 1 N–H and O–H groups in total. The number of benzene rings is 2. The lowest BCUT2D eigenvalue weighted by atomic mass is 10.0. The van der Waals surface area contributed by atoms with E-state index in [-0.39, 0.29) is 12.5 Å². The van der Waals surface area contributed by atoms with Gasteiger partial charge >= 0.3 is 5.97 Å². The Balaban J connectivity index is 1.97. The van der Waals surface area contributed by atoms with Crippen molar-refractivity contribution in [3.63, 3.8) is 0 Å². The molecule has 0 spiro atoms. The summed E-state index contributed by atoms with van der Waals surface area (Å²) >= 11 is 1.30. The lowest BCUT2D eigenvalue weighted by Crippen LogP contribution is -2.15. The second-order valence-electron chi connectivity index (χ2n) is 6.56. The number of anilines is 1. The molecule has 2 aromatic carbocycles. The van der Waals surface area contributed by atoms with Crippen LogP contribution in [0.4, 0.5) is 5.00 Å². The van der Waals surface area contributed by atoms with Crippen LogP contribution >= 0.6 is 11.3 Å². The first-order chi connectivity index (χ1) is 13.9. The fraction of sp³-hybridized carbons (Fsp3) is 0.217. The Bertz CT molecular complexity index is 1040. The van der Waals surface area contributed by atoms with Gasteiger partial charge in [-0.1, -0.05) is 18.2 Å². The van der Waals surface area contributed by atoms with Crippen LogP contribution in [0.15, 0.2) is 47.8 Å². The molecule has 150 valence electrons. The zero-order chi connectivity index (χ0) is 21.0. The number of thiophene rings is 1. The molecule has 0 bridgehead atoms. The average Bonchev–Trinajstić information content (AvgIpc) is 3.13. The Morgan fingerprint density at radius 1 is 1.03 bits per heavy atom. The molecular formula is C23H23NO4S. The van der Waals surface area contributed by atoms with E-state index in [1.807, 2.05) is 55.6 Å². The standard InChI is InChI=1S/C23H23NO4S/c1-5-28-23(26)20-19(16-8-10-18(27-4)11-9-16)13-29-22(20)24-21(25)17-7-6-14(2)15(3)12-17/h6-13H,5H2,1-4H3,(H,24,25). The minimum atomic E-state index is -0.463. The van der Waals surface area contributed by atoms with Crippen LogP contribution in [-0.4, -0.2) is 25.6 Å². The van der Waals surface area contributed by atoms with Crippen LogP contribution in [0.3, 0.4) is 0 Å². The molecule has 0 aliphatic carbocycles. The third-order valence-electron chi connectivity index (χ3n) is 4.67. The van der Waals surface area contributed by atoms with Crippen LogP contribution in [0.25, 0.3) is 11.1 Å². The number of esters is 1. The van der Waals surface area contributed by atoms with Crippen molar-refractivity contribution in [2.24, 2.45) is 0 Å². The predicted molar refractivity (Wildman–Crippen MR) is 116 cm³/mol. The molecule has 3 rings (SSSR count). The first-order valence-corrected chi connectivity index (χ1v) is 10.1. The van der Waals surface area contributed by atoms with Gasteiger partial charge in [-0.15, -0.1) is 11.3 Å². The van der Waals surface area contributed by atoms with E-state index >= 15 is 0 Å². The number of nitrogens with one attached hydrogen (secondary N) is 1. The molecule has 0 saturated carbocycles. The van der Waals surface area contributed by atoms with E-state index in [2.05, 4.69) is 5.32 Å². The highest BCUT2D eigenvalue weighted by Gasteiger charge is 2.23. The maximum Gasteiger partial charge on any atom is 0.341 e. The summed E-state index contributed by atoms with van der Waals surface area (Å²) < 4.78 is 10.4. The topological polar surface area (TPSA) is 64.6 Å². The molecule has 0 saturated heterocycles. The van der Waals surface area contributed by atoms with Gasteiger partial charge < -0.3 is 14.8 Å². The maximum atomic E-state index is 12.8. The predicted octanol–water partition coefficient (Wildman–Crippen LogP) is 5.47. The van der Waals surface area contributed by atoms with Crippen LogP contribution in [0.2, 0.25) is 0 Å². The van der Waals surface area contributed by atoms with E-state index in [1.54, 1.807) is 20.1 Å². The number of aryl methyl sites for hydroxylation is 2. The number of ether oxygens (including phenoxy) is 2. The molecular weight excluding hydrogens is 386 g/mol. The summed E-state index contributed by atoms with van der Waals surface area (Å²) in [5, 5.41) is 5.20. The quantitative estimate of drug-likeness (QED) is 0.548. The Kier molecular flexibility index (Phi) is 6.34. The van der Waals surface area contributed by atoms with Crippen molar-refractivity contribution < 1.29 is 19.1 Å². The maximum absolute atomic E-state index is 12.8. The van der Waals surface area contributed by atoms with Crippen molar-refractivity contribution in [1.29, 1.82) is 0 Å². The van der Waals surface area contributed by atoms with Gasteiger partial charge in [-0.05, 0) is 61.7 Å². The summed E-state index contributed by atoms with van der Waals surface area (Å²) in [5.41, 5.74) is 4.62. The smallest absolute Gasteiger partial charge is 0.341 e. The van der Waals surface area contributed by atoms with Gasteiger partial charge in [0, 0.05) is 16.5 Å². The number of rotatable bonds is 6. The fourth-order valence-electron chi connectivity index (χ4n) is 2.90. The van der Waals surface area contributed by atoms with Gasteiger partial charge in [0.2, 0.25) is 0 Å². The summed E-state index contributed by atoms with van der Waals surface area (Å²) in [4.78, 5) is 25.4. The monoisotopic (exact) mass is 409 g/mol. The van der Waals surface area contributed by atoms with E-state index in [0.29, 0.717) is 21.7 Å². The van der Waals surface area contributed by atoms with Crippen LogP contribution in [0.1, 0.15) is 38.8 Å². The number of methoxy groups -OCH3 is 1. The van der Waals surface area contributed by atoms with E-state index in [1.165, 1.54) is 11.3 Å². The second kappa shape index (κ2) is 8.92. The van der Waals surface area contributed by atoms with Crippen LogP contribution in [0, 0.1) is 13.8 Å². The van der Waals surface area contributed by atoms with Gasteiger partial charge in [-0.2, -0.15) is 0 Å². The lowest BCUT2D eigenvalue weighted by molar-refractivity contribution is 0.0529. The molecule has 29 heavy (non-hydrogen) atoms. The highest BCUT2D eigenvalue weighted by Crippen LogP contribution is 2.37. The molecule has 0 atom stereocenters. The third kappa shape index (κ3) is 4.49. The zero-order valence-electron chi connectivity index (χ0n) is 16.9. The van der Waals surface area contributed by atoms with Gasteiger partial charge in [0.15, 0.2) is 0 Å². The second-order valence-corrected chi connectivity index (χ2v) is 7.44. The van der Waals surface area contributed by atoms with Crippen molar-refractivity contribution >= 4 is 28.2 Å². The normalized spacial score (nSPS) is 10.5. The molecule has 0 aliphatic rings. The first kappa shape index (κ1) is 20.6. The van der Waals surface area contributed by atoms with Crippen molar-refractivity contribution in [2.45, 2.75) is 20.8 Å². The molecule has 0 aliphatic heterocycles. The SMILES string of the molecule is CCOC(=O)c1c(-c2ccc(OC)cc2)csc1NC(=O)c1ccc(C)c(C)c1. The summed E-state index contributed by atoms with van der Waals surface area (Å²) in [7, 11) is 1.60.